The van der Waals surface area contributed by atoms with Crippen molar-refractivity contribution in [3.63, 3.8) is 0 Å². The number of unbranched alkanes of at least 4 members (excludes halogenated alkanes) is 9. The van der Waals surface area contributed by atoms with Gasteiger partial charge in [0.05, 0.1) is 32.0 Å². The second kappa shape index (κ2) is 17.4. The first kappa shape index (κ1) is 24.4. The highest BCUT2D eigenvalue weighted by Crippen LogP contribution is 2.31. The van der Waals surface area contributed by atoms with Crippen molar-refractivity contribution in [2.45, 2.75) is 109 Å². The minimum absolute atomic E-state index is 0.0284. The van der Waals surface area contributed by atoms with Crippen LogP contribution >= 0.6 is 0 Å². The molecule has 1 aliphatic heterocycles. The molecule has 0 aromatic heterocycles. The molecule has 0 saturated carbocycles. The lowest BCUT2D eigenvalue weighted by Crippen LogP contribution is -2.27. The van der Waals surface area contributed by atoms with Crippen LogP contribution in [0.4, 0.5) is 0 Å². The highest BCUT2D eigenvalue weighted by Gasteiger charge is 2.36. The fraction of sp³-hybridized carbons (Fsp3) is 0.955. The van der Waals surface area contributed by atoms with Crippen LogP contribution in [0.3, 0.4) is 0 Å². The maximum atomic E-state index is 11.6. The van der Waals surface area contributed by atoms with E-state index in [1.54, 1.807) is 0 Å². The van der Waals surface area contributed by atoms with Gasteiger partial charge in [-0.05, 0) is 19.3 Å². The van der Waals surface area contributed by atoms with E-state index in [4.69, 9.17) is 14.6 Å². The molecule has 0 radical (unpaired) electrons. The molecule has 27 heavy (non-hydrogen) atoms. The predicted molar refractivity (Wildman–Crippen MR) is 110 cm³/mol. The summed E-state index contributed by atoms with van der Waals surface area (Å²) in [6.45, 7) is 3.62. The van der Waals surface area contributed by atoms with Crippen molar-refractivity contribution in [2.24, 2.45) is 0 Å². The molecular formula is C22H43NO4. The van der Waals surface area contributed by atoms with Crippen molar-refractivity contribution in [3.05, 3.63) is 0 Å². The Balaban J connectivity index is 1.76. The zero-order valence-corrected chi connectivity index (χ0v) is 17.6. The van der Waals surface area contributed by atoms with Gasteiger partial charge in [0.2, 0.25) is 5.91 Å². The van der Waals surface area contributed by atoms with E-state index in [0.717, 1.165) is 12.8 Å². The summed E-state index contributed by atoms with van der Waals surface area (Å²) < 4.78 is 10.9. The average Bonchev–Trinajstić information content (AvgIpc) is 3.42. The molecule has 2 N–H and O–H groups in total. The molecule has 0 bridgehead atoms. The van der Waals surface area contributed by atoms with E-state index >= 15 is 0 Å². The standard InChI is InChI=1S/C22H43NO4/c1-2-3-4-5-7-10-13-20-21(27-20)14-11-8-6-9-12-15-22(25)23-16-18-26-19-17-24/h20-21,24H,2-19H2,1H3,(H,23,25). The van der Waals surface area contributed by atoms with Crippen molar-refractivity contribution >= 4 is 5.91 Å². The Hall–Kier alpha value is -0.650. The maximum Gasteiger partial charge on any atom is 0.220 e. The molecule has 1 rings (SSSR count). The van der Waals surface area contributed by atoms with E-state index in [-0.39, 0.29) is 12.5 Å². The summed E-state index contributed by atoms with van der Waals surface area (Å²) in [5.74, 6) is 0.103. The number of amides is 1. The van der Waals surface area contributed by atoms with Crippen LogP contribution in [-0.2, 0) is 14.3 Å². The fourth-order valence-corrected chi connectivity index (χ4v) is 3.49. The molecular weight excluding hydrogens is 342 g/mol. The topological polar surface area (TPSA) is 71.1 Å². The van der Waals surface area contributed by atoms with Gasteiger partial charge in [-0.1, -0.05) is 71.1 Å². The first-order valence-corrected chi connectivity index (χ1v) is 11.4. The molecule has 1 amide bonds. The van der Waals surface area contributed by atoms with Crippen LogP contribution in [0, 0.1) is 0 Å². The molecule has 160 valence electrons. The lowest BCUT2D eigenvalue weighted by molar-refractivity contribution is -0.121. The Morgan fingerprint density at radius 1 is 0.889 bits per heavy atom. The Labute approximate surface area is 166 Å². The van der Waals surface area contributed by atoms with Crippen LogP contribution in [0.15, 0.2) is 0 Å². The summed E-state index contributed by atoms with van der Waals surface area (Å²) in [6, 6.07) is 0. The van der Waals surface area contributed by atoms with Crippen molar-refractivity contribution in [1.29, 1.82) is 0 Å². The van der Waals surface area contributed by atoms with Gasteiger partial charge in [0.1, 0.15) is 0 Å². The summed E-state index contributed by atoms with van der Waals surface area (Å²) in [6.07, 6.45) is 18.2. The number of ether oxygens (including phenoxy) is 2. The summed E-state index contributed by atoms with van der Waals surface area (Å²) in [5.41, 5.74) is 0. The van der Waals surface area contributed by atoms with Gasteiger partial charge in [0.15, 0.2) is 0 Å². The second-order valence-corrected chi connectivity index (χ2v) is 7.76. The number of carbonyl (C=O) groups is 1. The molecule has 0 aromatic rings. The summed E-state index contributed by atoms with van der Waals surface area (Å²) in [7, 11) is 0. The molecule has 2 atom stereocenters. The van der Waals surface area contributed by atoms with Crippen LogP contribution in [0.25, 0.3) is 0 Å². The highest BCUT2D eigenvalue weighted by atomic mass is 16.6. The van der Waals surface area contributed by atoms with Gasteiger partial charge >= 0.3 is 0 Å². The van der Waals surface area contributed by atoms with E-state index in [0.29, 0.717) is 38.4 Å². The van der Waals surface area contributed by atoms with Crippen molar-refractivity contribution in [2.75, 3.05) is 26.4 Å². The number of aliphatic hydroxyl groups is 1. The monoisotopic (exact) mass is 385 g/mol. The summed E-state index contributed by atoms with van der Waals surface area (Å²) >= 11 is 0. The van der Waals surface area contributed by atoms with Gasteiger partial charge in [0.25, 0.3) is 0 Å². The third-order valence-electron chi connectivity index (χ3n) is 5.23. The first-order chi connectivity index (χ1) is 13.3. The normalized spacial score (nSPS) is 18.6. The molecule has 5 nitrogen and oxygen atoms in total. The molecule has 5 heteroatoms. The highest BCUT2D eigenvalue weighted by molar-refractivity contribution is 5.75. The Morgan fingerprint density at radius 2 is 1.48 bits per heavy atom. The largest absolute Gasteiger partial charge is 0.394 e. The molecule has 0 spiro atoms. The second-order valence-electron chi connectivity index (χ2n) is 7.76. The molecule has 1 fully saturated rings. The Kier molecular flexibility index (Phi) is 15.8. The number of hydrogen-bond donors (Lipinski definition) is 2. The maximum absolute atomic E-state index is 11.6. The number of carbonyl (C=O) groups excluding carboxylic acids is 1. The zero-order valence-electron chi connectivity index (χ0n) is 17.6. The van der Waals surface area contributed by atoms with Crippen LogP contribution in [-0.4, -0.2) is 49.6 Å². The number of aliphatic hydroxyl groups excluding tert-OH is 1. The van der Waals surface area contributed by atoms with E-state index < -0.39 is 0 Å². The molecule has 1 aliphatic rings. The predicted octanol–water partition coefficient (Wildman–Crippen LogP) is 4.36. The van der Waals surface area contributed by atoms with Gasteiger partial charge in [-0.15, -0.1) is 0 Å². The van der Waals surface area contributed by atoms with Crippen LogP contribution in [0.1, 0.15) is 96.8 Å². The van der Waals surface area contributed by atoms with Crippen molar-refractivity contribution in [3.8, 4) is 0 Å². The van der Waals surface area contributed by atoms with Crippen molar-refractivity contribution in [1.82, 2.24) is 5.32 Å². The lowest BCUT2D eigenvalue weighted by atomic mass is 10.0. The minimum Gasteiger partial charge on any atom is -0.394 e. The van der Waals surface area contributed by atoms with E-state index in [9.17, 15) is 4.79 Å². The third-order valence-corrected chi connectivity index (χ3v) is 5.23. The molecule has 1 heterocycles. The SMILES string of the molecule is CCCCCCCCC1OC1CCCCCCCC(=O)NCCOCCO. The molecule has 0 aromatic carbocycles. The number of hydrogen-bond acceptors (Lipinski definition) is 4. The van der Waals surface area contributed by atoms with Crippen LogP contribution < -0.4 is 5.32 Å². The zero-order chi connectivity index (χ0) is 19.6. The average molecular weight is 386 g/mol. The fourth-order valence-electron chi connectivity index (χ4n) is 3.49. The first-order valence-electron chi connectivity index (χ1n) is 11.4. The minimum atomic E-state index is 0.0284. The van der Waals surface area contributed by atoms with Gasteiger partial charge < -0.3 is 19.9 Å². The van der Waals surface area contributed by atoms with Gasteiger partial charge in [-0.3, -0.25) is 4.79 Å². The number of nitrogens with one attached hydrogen (secondary N) is 1. The summed E-state index contributed by atoms with van der Waals surface area (Å²) in [4.78, 5) is 11.6. The molecule has 2 unspecified atom stereocenters. The van der Waals surface area contributed by atoms with Crippen LogP contribution in [0.2, 0.25) is 0 Å². The van der Waals surface area contributed by atoms with Crippen LogP contribution in [0.5, 0.6) is 0 Å². The van der Waals surface area contributed by atoms with Gasteiger partial charge in [-0.2, -0.15) is 0 Å². The van der Waals surface area contributed by atoms with Gasteiger partial charge in [-0.25, -0.2) is 0 Å². The lowest BCUT2D eigenvalue weighted by Gasteiger charge is -2.05. The molecule has 0 aliphatic carbocycles. The molecule has 1 saturated heterocycles. The number of rotatable bonds is 20. The third kappa shape index (κ3) is 15.0. The van der Waals surface area contributed by atoms with Gasteiger partial charge in [0, 0.05) is 13.0 Å². The Morgan fingerprint density at radius 3 is 2.11 bits per heavy atom. The number of epoxide rings is 1. The summed E-state index contributed by atoms with van der Waals surface area (Å²) in [5, 5.41) is 11.4. The Bertz CT molecular complexity index is 351. The van der Waals surface area contributed by atoms with E-state index in [1.807, 2.05) is 0 Å². The van der Waals surface area contributed by atoms with Crippen molar-refractivity contribution < 1.29 is 19.4 Å². The van der Waals surface area contributed by atoms with E-state index in [2.05, 4.69) is 12.2 Å². The quantitative estimate of drug-likeness (QED) is 0.241. The van der Waals surface area contributed by atoms with E-state index in [1.165, 1.54) is 70.6 Å². The smallest absolute Gasteiger partial charge is 0.220 e.